The van der Waals surface area contributed by atoms with Gasteiger partial charge in [0.05, 0.1) is 0 Å². The Morgan fingerprint density at radius 1 is 1.13 bits per heavy atom. The van der Waals surface area contributed by atoms with Crippen LogP contribution >= 0.6 is 0 Å². The van der Waals surface area contributed by atoms with Crippen LogP contribution in [0.2, 0.25) is 0 Å². The topological polar surface area (TPSA) is 15.3 Å². The number of likely N-dealkylation sites (N-methyl/N-ethyl adjacent to an activating group) is 1. The van der Waals surface area contributed by atoms with E-state index in [0.717, 1.165) is 18.5 Å². The Morgan fingerprint density at radius 2 is 1.93 bits per heavy atom. The molecular weight excluding hydrogens is 184 g/mol. The standard InChI is InChI=1S/C13H26N2/c1-2-14-13-8-9-15(11-13)10-12-6-4-3-5-7-12/h12-14H,2-11H2,1H3. The zero-order valence-corrected chi connectivity index (χ0v) is 10.2. The van der Waals surface area contributed by atoms with E-state index in [4.69, 9.17) is 0 Å². The van der Waals surface area contributed by atoms with E-state index in [0.29, 0.717) is 0 Å². The molecule has 1 saturated carbocycles. The van der Waals surface area contributed by atoms with E-state index in [-0.39, 0.29) is 0 Å². The van der Waals surface area contributed by atoms with Crippen LogP contribution in [0.3, 0.4) is 0 Å². The van der Waals surface area contributed by atoms with Gasteiger partial charge >= 0.3 is 0 Å². The Balaban J connectivity index is 1.67. The zero-order valence-electron chi connectivity index (χ0n) is 10.2. The van der Waals surface area contributed by atoms with Gasteiger partial charge in [-0.2, -0.15) is 0 Å². The summed E-state index contributed by atoms with van der Waals surface area (Å²) in [7, 11) is 0. The first-order valence-corrected chi connectivity index (χ1v) is 6.84. The van der Waals surface area contributed by atoms with Gasteiger partial charge in [0, 0.05) is 19.1 Å². The SMILES string of the molecule is CCNC1CCN(CC2CCCCC2)C1. The molecule has 2 rings (SSSR count). The average Bonchev–Trinajstić information content (AvgIpc) is 2.68. The Kier molecular flexibility index (Phi) is 4.45. The van der Waals surface area contributed by atoms with Crippen LogP contribution in [-0.4, -0.2) is 37.1 Å². The number of hydrogen-bond donors (Lipinski definition) is 1. The second-order valence-corrected chi connectivity index (χ2v) is 5.31. The minimum Gasteiger partial charge on any atom is -0.313 e. The van der Waals surface area contributed by atoms with Crippen molar-refractivity contribution in [2.45, 2.75) is 51.5 Å². The molecule has 1 saturated heterocycles. The largest absolute Gasteiger partial charge is 0.313 e. The van der Waals surface area contributed by atoms with Gasteiger partial charge in [0.25, 0.3) is 0 Å². The average molecular weight is 210 g/mol. The van der Waals surface area contributed by atoms with Gasteiger partial charge in [-0.05, 0) is 38.3 Å². The number of nitrogens with zero attached hydrogens (tertiary/aromatic N) is 1. The summed E-state index contributed by atoms with van der Waals surface area (Å²) < 4.78 is 0. The van der Waals surface area contributed by atoms with E-state index >= 15 is 0 Å². The first-order chi connectivity index (χ1) is 7.38. The lowest BCUT2D eigenvalue weighted by Gasteiger charge is -2.26. The van der Waals surface area contributed by atoms with Crippen molar-refractivity contribution in [1.82, 2.24) is 10.2 Å². The maximum Gasteiger partial charge on any atom is 0.0207 e. The van der Waals surface area contributed by atoms with E-state index in [2.05, 4.69) is 17.1 Å². The molecule has 0 bridgehead atoms. The fourth-order valence-corrected chi connectivity index (χ4v) is 3.19. The molecule has 88 valence electrons. The van der Waals surface area contributed by atoms with Crippen molar-refractivity contribution >= 4 is 0 Å². The van der Waals surface area contributed by atoms with Gasteiger partial charge in [-0.3, -0.25) is 0 Å². The maximum absolute atomic E-state index is 3.57. The molecule has 0 spiro atoms. The van der Waals surface area contributed by atoms with Crippen LogP contribution in [0.4, 0.5) is 0 Å². The van der Waals surface area contributed by atoms with Gasteiger partial charge in [-0.15, -0.1) is 0 Å². The molecule has 2 fully saturated rings. The molecule has 1 aliphatic heterocycles. The molecule has 0 aromatic heterocycles. The van der Waals surface area contributed by atoms with Crippen LogP contribution in [-0.2, 0) is 0 Å². The van der Waals surface area contributed by atoms with Crippen LogP contribution in [0.25, 0.3) is 0 Å². The Bertz CT molecular complexity index is 175. The number of nitrogens with one attached hydrogen (secondary N) is 1. The third-order valence-corrected chi connectivity index (χ3v) is 4.01. The first-order valence-electron chi connectivity index (χ1n) is 6.84. The van der Waals surface area contributed by atoms with E-state index in [9.17, 15) is 0 Å². The highest BCUT2D eigenvalue weighted by Gasteiger charge is 2.24. The first kappa shape index (κ1) is 11.4. The van der Waals surface area contributed by atoms with Crippen molar-refractivity contribution < 1.29 is 0 Å². The molecule has 1 N–H and O–H groups in total. The molecule has 1 aliphatic carbocycles. The predicted octanol–water partition coefficient (Wildman–Crippen LogP) is 2.25. The van der Waals surface area contributed by atoms with Crippen LogP contribution in [0, 0.1) is 5.92 Å². The summed E-state index contributed by atoms with van der Waals surface area (Å²) in [4.78, 5) is 2.68. The molecule has 1 atom stereocenters. The summed E-state index contributed by atoms with van der Waals surface area (Å²) >= 11 is 0. The fourth-order valence-electron chi connectivity index (χ4n) is 3.19. The molecule has 0 aromatic carbocycles. The molecule has 2 aliphatic rings. The molecule has 1 unspecified atom stereocenters. The predicted molar refractivity (Wildman–Crippen MR) is 65.1 cm³/mol. The van der Waals surface area contributed by atoms with Gasteiger partial charge in [-0.25, -0.2) is 0 Å². The van der Waals surface area contributed by atoms with Crippen LogP contribution in [0.15, 0.2) is 0 Å². The molecule has 15 heavy (non-hydrogen) atoms. The lowest BCUT2D eigenvalue weighted by atomic mass is 9.89. The lowest BCUT2D eigenvalue weighted by molar-refractivity contribution is 0.230. The Morgan fingerprint density at radius 3 is 2.67 bits per heavy atom. The highest BCUT2D eigenvalue weighted by atomic mass is 15.2. The van der Waals surface area contributed by atoms with Crippen LogP contribution in [0.5, 0.6) is 0 Å². The van der Waals surface area contributed by atoms with Crippen molar-refractivity contribution in [2.24, 2.45) is 5.92 Å². The smallest absolute Gasteiger partial charge is 0.0207 e. The monoisotopic (exact) mass is 210 g/mol. The second kappa shape index (κ2) is 5.86. The van der Waals surface area contributed by atoms with Gasteiger partial charge in [0.15, 0.2) is 0 Å². The van der Waals surface area contributed by atoms with Crippen molar-refractivity contribution in [1.29, 1.82) is 0 Å². The molecule has 0 amide bonds. The quantitative estimate of drug-likeness (QED) is 0.765. The Hall–Kier alpha value is -0.0800. The highest BCUT2D eigenvalue weighted by molar-refractivity contribution is 4.82. The normalized spacial score (nSPS) is 29.8. The third kappa shape index (κ3) is 3.46. The summed E-state index contributed by atoms with van der Waals surface area (Å²) in [6.45, 7) is 7.34. The van der Waals surface area contributed by atoms with E-state index < -0.39 is 0 Å². The molecule has 0 aromatic rings. The molecular formula is C13H26N2. The number of likely N-dealkylation sites (tertiary alicyclic amines) is 1. The molecule has 2 nitrogen and oxygen atoms in total. The molecule has 0 radical (unpaired) electrons. The Labute approximate surface area is 94.4 Å². The maximum atomic E-state index is 3.57. The van der Waals surface area contributed by atoms with Crippen molar-refractivity contribution in [3.8, 4) is 0 Å². The van der Waals surface area contributed by atoms with Crippen molar-refractivity contribution in [3.05, 3.63) is 0 Å². The number of hydrogen-bond acceptors (Lipinski definition) is 2. The van der Waals surface area contributed by atoms with Crippen molar-refractivity contribution in [2.75, 3.05) is 26.2 Å². The zero-order chi connectivity index (χ0) is 10.5. The summed E-state index contributed by atoms with van der Waals surface area (Å²) in [5.74, 6) is 1.01. The van der Waals surface area contributed by atoms with Gasteiger partial charge in [0.1, 0.15) is 0 Å². The van der Waals surface area contributed by atoms with E-state index in [1.165, 1.54) is 58.2 Å². The summed E-state index contributed by atoms with van der Waals surface area (Å²) in [6, 6.07) is 0.776. The van der Waals surface area contributed by atoms with Gasteiger partial charge in [0.2, 0.25) is 0 Å². The minimum atomic E-state index is 0.776. The summed E-state index contributed by atoms with van der Waals surface area (Å²) in [5.41, 5.74) is 0. The van der Waals surface area contributed by atoms with Crippen LogP contribution < -0.4 is 5.32 Å². The van der Waals surface area contributed by atoms with Crippen molar-refractivity contribution in [3.63, 3.8) is 0 Å². The highest BCUT2D eigenvalue weighted by Crippen LogP contribution is 2.25. The third-order valence-electron chi connectivity index (χ3n) is 4.01. The van der Waals surface area contributed by atoms with E-state index in [1.54, 1.807) is 0 Å². The molecule has 1 heterocycles. The summed E-state index contributed by atoms with van der Waals surface area (Å²) in [6.07, 6.45) is 8.78. The van der Waals surface area contributed by atoms with Gasteiger partial charge < -0.3 is 10.2 Å². The van der Waals surface area contributed by atoms with E-state index in [1.807, 2.05) is 0 Å². The van der Waals surface area contributed by atoms with Crippen LogP contribution in [0.1, 0.15) is 45.4 Å². The second-order valence-electron chi connectivity index (χ2n) is 5.31. The number of rotatable bonds is 4. The lowest BCUT2D eigenvalue weighted by Crippen LogP contribution is -2.34. The summed E-state index contributed by atoms with van der Waals surface area (Å²) in [5, 5.41) is 3.57. The minimum absolute atomic E-state index is 0.776. The van der Waals surface area contributed by atoms with Gasteiger partial charge in [-0.1, -0.05) is 26.2 Å². The molecule has 2 heteroatoms. The fraction of sp³-hybridized carbons (Fsp3) is 1.00.